The van der Waals surface area contributed by atoms with Crippen molar-refractivity contribution in [2.75, 3.05) is 19.0 Å². The Bertz CT molecular complexity index is 407. The van der Waals surface area contributed by atoms with Crippen LogP contribution in [0.2, 0.25) is 5.15 Å². The summed E-state index contributed by atoms with van der Waals surface area (Å²) in [5, 5.41) is 3.89. The molecule has 18 heavy (non-hydrogen) atoms. The van der Waals surface area contributed by atoms with E-state index in [4.69, 9.17) is 16.3 Å². The molecule has 1 aromatic heterocycles. The van der Waals surface area contributed by atoms with E-state index in [1.807, 2.05) is 0 Å². The van der Waals surface area contributed by atoms with Crippen LogP contribution in [0.5, 0.6) is 0 Å². The van der Waals surface area contributed by atoms with Gasteiger partial charge in [0.05, 0.1) is 12.6 Å². The number of methoxy groups -OCH3 is 1. The first-order valence-electron chi connectivity index (χ1n) is 6.40. The highest BCUT2D eigenvalue weighted by atomic mass is 35.5. The van der Waals surface area contributed by atoms with E-state index in [2.05, 4.69) is 29.1 Å². The van der Waals surface area contributed by atoms with Gasteiger partial charge in [0.25, 0.3) is 0 Å². The zero-order valence-electron chi connectivity index (χ0n) is 11.1. The summed E-state index contributed by atoms with van der Waals surface area (Å²) in [6.45, 7) is 4.96. The minimum atomic E-state index is 0.230. The number of anilines is 1. The fourth-order valence-corrected chi connectivity index (χ4v) is 1.99. The van der Waals surface area contributed by atoms with Crippen molar-refractivity contribution in [2.45, 2.75) is 38.6 Å². The van der Waals surface area contributed by atoms with Crippen LogP contribution in [0.4, 0.5) is 5.82 Å². The van der Waals surface area contributed by atoms with Crippen molar-refractivity contribution in [2.24, 2.45) is 5.92 Å². The van der Waals surface area contributed by atoms with Gasteiger partial charge in [-0.2, -0.15) is 0 Å². The van der Waals surface area contributed by atoms with Crippen LogP contribution in [0.3, 0.4) is 0 Å². The summed E-state index contributed by atoms with van der Waals surface area (Å²) in [7, 11) is 1.71. The molecule has 0 aromatic carbocycles. The Hall–Kier alpha value is -0.870. The van der Waals surface area contributed by atoms with Gasteiger partial charge in [0.15, 0.2) is 0 Å². The predicted octanol–water partition coefficient (Wildman–Crippen LogP) is 3.09. The molecule has 1 unspecified atom stereocenters. The van der Waals surface area contributed by atoms with E-state index in [1.54, 1.807) is 13.2 Å². The molecule has 0 bridgehead atoms. The van der Waals surface area contributed by atoms with Crippen LogP contribution < -0.4 is 5.32 Å². The number of halogens is 1. The van der Waals surface area contributed by atoms with Gasteiger partial charge in [0, 0.05) is 19.1 Å². The Morgan fingerprint density at radius 3 is 2.72 bits per heavy atom. The molecule has 1 heterocycles. The number of nitrogens with zero attached hydrogens (tertiary/aromatic N) is 2. The van der Waals surface area contributed by atoms with Crippen molar-refractivity contribution in [1.82, 2.24) is 9.97 Å². The lowest BCUT2D eigenvalue weighted by Gasteiger charge is -2.22. The molecule has 0 radical (unpaired) electrons. The van der Waals surface area contributed by atoms with E-state index < -0.39 is 0 Å². The van der Waals surface area contributed by atoms with Crippen LogP contribution in [0, 0.1) is 5.92 Å². The van der Waals surface area contributed by atoms with Crippen molar-refractivity contribution >= 4 is 17.4 Å². The summed E-state index contributed by atoms with van der Waals surface area (Å²) >= 11 is 6.04. The van der Waals surface area contributed by atoms with E-state index in [0.717, 1.165) is 11.6 Å². The lowest BCUT2D eigenvalue weighted by Crippen LogP contribution is -2.31. The van der Waals surface area contributed by atoms with Gasteiger partial charge in [-0.1, -0.05) is 25.4 Å². The Kier molecular flexibility index (Phi) is 4.40. The Labute approximate surface area is 113 Å². The molecule has 2 rings (SSSR count). The van der Waals surface area contributed by atoms with Gasteiger partial charge >= 0.3 is 0 Å². The minimum Gasteiger partial charge on any atom is -0.383 e. The first kappa shape index (κ1) is 13.6. The summed E-state index contributed by atoms with van der Waals surface area (Å²) in [4.78, 5) is 8.81. The standard InChI is InChI=1S/C13H20ClN3O/c1-8(2)10(7-18-3)15-12-6-11(14)16-13(17-12)9-4-5-9/h6,8-10H,4-5,7H2,1-3H3,(H,15,16,17). The zero-order chi connectivity index (χ0) is 13.1. The summed E-state index contributed by atoms with van der Waals surface area (Å²) in [5.74, 6) is 2.63. The minimum absolute atomic E-state index is 0.230. The number of nitrogens with one attached hydrogen (secondary N) is 1. The van der Waals surface area contributed by atoms with Gasteiger partial charge in [0.1, 0.15) is 16.8 Å². The molecule has 1 N–H and O–H groups in total. The van der Waals surface area contributed by atoms with Crippen LogP contribution in [0.15, 0.2) is 6.07 Å². The van der Waals surface area contributed by atoms with E-state index in [1.165, 1.54) is 12.8 Å². The quantitative estimate of drug-likeness (QED) is 0.806. The van der Waals surface area contributed by atoms with Gasteiger partial charge in [-0.25, -0.2) is 9.97 Å². The van der Waals surface area contributed by atoms with Crippen molar-refractivity contribution < 1.29 is 4.74 Å². The molecular formula is C13H20ClN3O. The van der Waals surface area contributed by atoms with Crippen LogP contribution in [-0.2, 0) is 4.74 Å². The Morgan fingerprint density at radius 2 is 2.17 bits per heavy atom. The largest absolute Gasteiger partial charge is 0.383 e. The maximum Gasteiger partial charge on any atom is 0.135 e. The Balaban J connectivity index is 2.11. The van der Waals surface area contributed by atoms with Crippen molar-refractivity contribution in [3.8, 4) is 0 Å². The fourth-order valence-electron chi connectivity index (χ4n) is 1.80. The number of hydrogen-bond acceptors (Lipinski definition) is 4. The molecule has 1 aliphatic rings. The maximum absolute atomic E-state index is 6.04. The Morgan fingerprint density at radius 1 is 1.44 bits per heavy atom. The average Bonchev–Trinajstić information content (AvgIpc) is 3.11. The monoisotopic (exact) mass is 269 g/mol. The molecule has 0 aliphatic heterocycles. The topological polar surface area (TPSA) is 47.0 Å². The first-order chi connectivity index (χ1) is 8.60. The molecule has 1 saturated carbocycles. The van der Waals surface area contributed by atoms with Crippen molar-refractivity contribution in [1.29, 1.82) is 0 Å². The van der Waals surface area contributed by atoms with Crippen LogP contribution >= 0.6 is 11.6 Å². The van der Waals surface area contributed by atoms with E-state index in [0.29, 0.717) is 23.6 Å². The van der Waals surface area contributed by atoms with Crippen LogP contribution in [0.1, 0.15) is 38.4 Å². The SMILES string of the molecule is COCC(Nc1cc(Cl)nc(C2CC2)n1)C(C)C. The molecule has 1 atom stereocenters. The summed E-state index contributed by atoms with van der Waals surface area (Å²) in [6, 6.07) is 2.01. The lowest BCUT2D eigenvalue weighted by atomic mass is 10.1. The first-order valence-corrected chi connectivity index (χ1v) is 6.78. The number of rotatable bonds is 6. The zero-order valence-corrected chi connectivity index (χ0v) is 11.9. The molecule has 4 nitrogen and oxygen atoms in total. The van der Waals surface area contributed by atoms with Gasteiger partial charge in [0.2, 0.25) is 0 Å². The van der Waals surface area contributed by atoms with Gasteiger partial charge in [-0.05, 0) is 18.8 Å². The van der Waals surface area contributed by atoms with E-state index in [-0.39, 0.29) is 6.04 Å². The highest BCUT2D eigenvalue weighted by molar-refractivity contribution is 6.29. The highest BCUT2D eigenvalue weighted by Crippen LogP contribution is 2.38. The second-order valence-electron chi connectivity index (χ2n) is 5.16. The second kappa shape index (κ2) is 5.85. The molecule has 5 heteroatoms. The number of aromatic nitrogens is 2. The van der Waals surface area contributed by atoms with Crippen molar-refractivity contribution in [3.05, 3.63) is 17.0 Å². The van der Waals surface area contributed by atoms with Crippen LogP contribution in [0.25, 0.3) is 0 Å². The lowest BCUT2D eigenvalue weighted by molar-refractivity contribution is 0.171. The number of hydrogen-bond donors (Lipinski definition) is 1. The predicted molar refractivity (Wildman–Crippen MR) is 73.1 cm³/mol. The number of ether oxygens (including phenoxy) is 1. The van der Waals surface area contributed by atoms with Gasteiger partial charge in [-0.15, -0.1) is 0 Å². The van der Waals surface area contributed by atoms with Crippen LogP contribution in [-0.4, -0.2) is 29.7 Å². The smallest absolute Gasteiger partial charge is 0.135 e. The molecule has 0 saturated heterocycles. The molecule has 1 aliphatic carbocycles. The molecule has 1 fully saturated rings. The fraction of sp³-hybridized carbons (Fsp3) is 0.692. The normalized spacial score (nSPS) is 16.9. The van der Waals surface area contributed by atoms with E-state index in [9.17, 15) is 0 Å². The van der Waals surface area contributed by atoms with E-state index >= 15 is 0 Å². The summed E-state index contributed by atoms with van der Waals surface area (Å²) < 4.78 is 5.22. The summed E-state index contributed by atoms with van der Waals surface area (Å²) in [5.41, 5.74) is 0. The molecule has 1 aromatic rings. The molecular weight excluding hydrogens is 250 g/mol. The highest BCUT2D eigenvalue weighted by Gasteiger charge is 2.27. The third kappa shape index (κ3) is 3.56. The molecule has 0 spiro atoms. The maximum atomic E-state index is 6.04. The van der Waals surface area contributed by atoms with Gasteiger partial charge in [-0.3, -0.25) is 0 Å². The second-order valence-corrected chi connectivity index (χ2v) is 5.55. The summed E-state index contributed by atoms with van der Waals surface area (Å²) in [6.07, 6.45) is 2.34. The van der Waals surface area contributed by atoms with Crippen molar-refractivity contribution in [3.63, 3.8) is 0 Å². The average molecular weight is 270 g/mol. The molecule has 100 valence electrons. The third-order valence-corrected chi connectivity index (χ3v) is 3.33. The van der Waals surface area contributed by atoms with Gasteiger partial charge < -0.3 is 10.1 Å². The third-order valence-electron chi connectivity index (χ3n) is 3.14. The molecule has 0 amide bonds.